The first-order valence-electron chi connectivity index (χ1n) is 7.66. The fourth-order valence-electron chi connectivity index (χ4n) is 5.03. The van der Waals surface area contributed by atoms with E-state index in [1.165, 1.54) is 32.1 Å². The Morgan fingerprint density at radius 1 is 0.895 bits per heavy atom. The smallest absolute Gasteiger partial charge is 0.119 e. The van der Waals surface area contributed by atoms with Crippen LogP contribution in [0.5, 0.6) is 5.75 Å². The Balaban J connectivity index is 1.42. The fraction of sp³-hybridized carbons (Fsp3) is 0.647. The van der Waals surface area contributed by atoms with Gasteiger partial charge in [0.05, 0.1) is 6.61 Å². The number of rotatable bonds is 3. The van der Waals surface area contributed by atoms with Gasteiger partial charge in [0.1, 0.15) is 5.75 Å². The van der Waals surface area contributed by atoms with Crippen LogP contribution < -0.4 is 4.74 Å². The van der Waals surface area contributed by atoms with E-state index >= 15 is 0 Å². The van der Waals surface area contributed by atoms with Crippen molar-refractivity contribution in [3.05, 3.63) is 28.7 Å². The van der Waals surface area contributed by atoms with Crippen molar-refractivity contribution in [3.63, 3.8) is 0 Å². The third kappa shape index (κ3) is 2.33. The molecule has 0 amide bonds. The van der Waals surface area contributed by atoms with Gasteiger partial charge in [0.25, 0.3) is 0 Å². The molecule has 1 aromatic rings. The van der Waals surface area contributed by atoms with Crippen LogP contribution in [0.4, 0.5) is 0 Å². The van der Waals surface area contributed by atoms with Crippen molar-refractivity contribution in [2.24, 2.45) is 29.6 Å². The number of ether oxygens (including phenoxy) is 1. The summed E-state index contributed by atoms with van der Waals surface area (Å²) in [5.74, 6) is 5.91. The van der Waals surface area contributed by atoms with Crippen LogP contribution in [0, 0.1) is 29.6 Å². The van der Waals surface area contributed by atoms with Gasteiger partial charge >= 0.3 is 0 Å². The van der Waals surface area contributed by atoms with Gasteiger partial charge < -0.3 is 4.74 Å². The standard InChI is InChI=1S/C17H21BrO/c18-15-1-3-16(4-2-15)19-10-17-13-6-11-5-12(8-13)9-14(17)7-11/h1-4,11-14,17H,5-10H2. The first-order chi connectivity index (χ1) is 9.28. The molecule has 4 bridgehead atoms. The summed E-state index contributed by atoms with van der Waals surface area (Å²) < 4.78 is 7.19. The van der Waals surface area contributed by atoms with Crippen molar-refractivity contribution >= 4 is 15.9 Å². The Morgan fingerprint density at radius 2 is 1.47 bits per heavy atom. The molecule has 0 aliphatic heterocycles. The molecule has 2 heteroatoms. The molecule has 4 aliphatic carbocycles. The Kier molecular flexibility index (Phi) is 3.10. The fourth-order valence-corrected chi connectivity index (χ4v) is 5.30. The molecule has 0 radical (unpaired) electrons. The van der Waals surface area contributed by atoms with Gasteiger partial charge in [-0.05, 0) is 86.0 Å². The van der Waals surface area contributed by atoms with E-state index in [4.69, 9.17) is 4.74 Å². The van der Waals surface area contributed by atoms with E-state index in [0.717, 1.165) is 46.4 Å². The molecule has 0 aromatic heterocycles. The molecular weight excluding hydrogens is 300 g/mol. The summed E-state index contributed by atoms with van der Waals surface area (Å²) in [6, 6.07) is 8.26. The minimum atomic E-state index is 0.830. The van der Waals surface area contributed by atoms with Gasteiger partial charge in [-0.25, -0.2) is 0 Å². The van der Waals surface area contributed by atoms with Crippen LogP contribution in [0.15, 0.2) is 28.7 Å². The highest BCUT2D eigenvalue weighted by Gasteiger charge is 2.48. The Hall–Kier alpha value is -0.500. The van der Waals surface area contributed by atoms with Crippen LogP contribution in [0.1, 0.15) is 32.1 Å². The maximum atomic E-state index is 6.07. The summed E-state index contributed by atoms with van der Waals surface area (Å²) in [6.45, 7) is 0.941. The van der Waals surface area contributed by atoms with Gasteiger partial charge in [0.2, 0.25) is 0 Å². The average molecular weight is 321 g/mol. The highest BCUT2D eigenvalue weighted by molar-refractivity contribution is 9.10. The Morgan fingerprint density at radius 3 is 2.05 bits per heavy atom. The monoisotopic (exact) mass is 320 g/mol. The minimum Gasteiger partial charge on any atom is -0.493 e. The van der Waals surface area contributed by atoms with Crippen LogP contribution >= 0.6 is 15.9 Å². The predicted molar refractivity (Wildman–Crippen MR) is 80.2 cm³/mol. The summed E-state index contributed by atoms with van der Waals surface area (Å²) in [5, 5.41) is 0. The van der Waals surface area contributed by atoms with Crippen LogP contribution in [0.2, 0.25) is 0 Å². The lowest BCUT2D eigenvalue weighted by Gasteiger charge is -2.54. The quantitative estimate of drug-likeness (QED) is 0.769. The van der Waals surface area contributed by atoms with Crippen molar-refractivity contribution in [2.75, 3.05) is 6.61 Å². The summed E-state index contributed by atoms with van der Waals surface area (Å²) in [6.07, 6.45) is 7.48. The lowest BCUT2D eigenvalue weighted by molar-refractivity contribution is -0.0529. The molecule has 4 aliphatic rings. The second kappa shape index (κ2) is 4.80. The molecule has 1 aromatic carbocycles. The van der Waals surface area contributed by atoms with Crippen molar-refractivity contribution in [1.82, 2.24) is 0 Å². The summed E-state index contributed by atoms with van der Waals surface area (Å²) in [5.41, 5.74) is 0. The molecule has 0 spiro atoms. The highest BCUT2D eigenvalue weighted by atomic mass is 79.9. The minimum absolute atomic E-state index is 0.830. The number of hydrogen-bond donors (Lipinski definition) is 0. The first kappa shape index (κ1) is 12.3. The summed E-state index contributed by atoms with van der Waals surface area (Å²) in [7, 11) is 0. The Bertz CT molecular complexity index is 425. The predicted octanol–water partition coefficient (Wildman–Crippen LogP) is 4.90. The molecule has 0 atom stereocenters. The lowest BCUT2D eigenvalue weighted by Crippen LogP contribution is -2.47. The van der Waals surface area contributed by atoms with Crippen molar-refractivity contribution < 1.29 is 4.74 Å². The molecular formula is C17H21BrO. The van der Waals surface area contributed by atoms with Gasteiger partial charge in [-0.3, -0.25) is 0 Å². The molecule has 5 rings (SSSR count). The van der Waals surface area contributed by atoms with E-state index in [2.05, 4.69) is 40.2 Å². The van der Waals surface area contributed by atoms with Crippen LogP contribution in [0.25, 0.3) is 0 Å². The molecule has 0 saturated heterocycles. The molecule has 4 saturated carbocycles. The summed E-state index contributed by atoms with van der Waals surface area (Å²) >= 11 is 3.47. The highest BCUT2D eigenvalue weighted by Crippen LogP contribution is 2.56. The second-order valence-corrected chi connectivity index (χ2v) is 7.78. The molecule has 102 valence electrons. The van der Waals surface area contributed by atoms with E-state index < -0.39 is 0 Å². The molecule has 4 fully saturated rings. The average Bonchev–Trinajstić information content (AvgIpc) is 2.39. The van der Waals surface area contributed by atoms with E-state index in [1.807, 2.05) is 0 Å². The van der Waals surface area contributed by atoms with Gasteiger partial charge in [-0.2, -0.15) is 0 Å². The number of benzene rings is 1. The third-order valence-electron chi connectivity index (χ3n) is 5.68. The molecule has 0 heterocycles. The maximum Gasteiger partial charge on any atom is 0.119 e. The third-order valence-corrected chi connectivity index (χ3v) is 6.21. The number of halogens is 1. The first-order valence-corrected chi connectivity index (χ1v) is 8.45. The van der Waals surface area contributed by atoms with Gasteiger partial charge in [-0.15, -0.1) is 0 Å². The zero-order valence-corrected chi connectivity index (χ0v) is 12.8. The Labute approximate surface area is 123 Å². The van der Waals surface area contributed by atoms with E-state index in [1.54, 1.807) is 0 Å². The van der Waals surface area contributed by atoms with E-state index in [0.29, 0.717) is 0 Å². The molecule has 1 nitrogen and oxygen atoms in total. The summed E-state index contributed by atoms with van der Waals surface area (Å²) in [4.78, 5) is 0. The van der Waals surface area contributed by atoms with Crippen LogP contribution in [-0.4, -0.2) is 6.61 Å². The van der Waals surface area contributed by atoms with Crippen LogP contribution in [0.3, 0.4) is 0 Å². The van der Waals surface area contributed by atoms with Crippen molar-refractivity contribution in [3.8, 4) is 5.75 Å². The largest absolute Gasteiger partial charge is 0.493 e. The van der Waals surface area contributed by atoms with E-state index in [-0.39, 0.29) is 0 Å². The van der Waals surface area contributed by atoms with Crippen molar-refractivity contribution in [2.45, 2.75) is 32.1 Å². The van der Waals surface area contributed by atoms with E-state index in [9.17, 15) is 0 Å². The van der Waals surface area contributed by atoms with Crippen LogP contribution in [-0.2, 0) is 0 Å². The van der Waals surface area contributed by atoms with Gasteiger partial charge in [-0.1, -0.05) is 15.9 Å². The molecule has 19 heavy (non-hydrogen) atoms. The number of hydrogen-bond acceptors (Lipinski definition) is 1. The molecule has 0 N–H and O–H groups in total. The van der Waals surface area contributed by atoms with Gasteiger partial charge in [0.15, 0.2) is 0 Å². The second-order valence-electron chi connectivity index (χ2n) is 6.86. The zero-order valence-electron chi connectivity index (χ0n) is 11.2. The SMILES string of the molecule is Brc1ccc(OCC2C3CC4CC(C3)CC2C4)cc1. The van der Waals surface area contributed by atoms with Crippen molar-refractivity contribution in [1.29, 1.82) is 0 Å². The lowest BCUT2D eigenvalue weighted by atomic mass is 9.52. The van der Waals surface area contributed by atoms with Gasteiger partial charge in [0, 0.05) is 4.47 Å². The topological polar surface area (TPSA) is 9.23 Å². The normalized spacial score (nSPS) is 39.5. The zero-order chi connectivity index (χ0) is 12.8. The maximum absolute atomic E-state index is 6.07. The molecule has 0 unspecified atom stereocenters.